The summed E-state index contributed by atoms with van der Waals surface area (Å²) in [7, 11) is 3.19. The SMILES string of the molecule is CCOCCn1c(=O)c2c(nc3n(-c4cc(Cl)ccc4OC)c(C)c(C)n23)n(C)c1=O. The number of imidazole rings is 2. The molecule has 0 radical (unpaired) electrons. The minimum atomic E-state index is -0.431. The van der Waals surface area contributed by atoms with E-state index in [9.17, 15) is 9.59 Å². The van der Waals surface area contributed by atoms with E-state index >= 15 is 0 Å². The third-order valence-corrected chi connectivity index (χ3v) is 5.80. The average molecular weight is 446 g/mol. The van der Waals surface area contributed by atoms with Crippen molar-refractivity contribution in [3.63, 3.8) is 0 Å². The highest BCUT2D eigenvalue weighted by atomic mass is 35.5. The Morgan fingerprint density at radius 1 is 1.16 bits per heavy atom. The van der Waals surface area contributed by atoms with Crippen LogP contribution in [0, 0.1) is 13.8 Å². The standard InChI is InChI=1S/C21H24ClN5O4/c1-6-31-10-9-25-19(28)17-18(24(4)21(25)29)23-20-26(12(2)13(3)27(17)20)15-11-14(22)7-8-16(15)30-5/h7-8,11H,6,9-10H2,1-5H3. The average Bonchev–Trinajstić information content (AvgIpc) is 3.24. The molecule has 9 nitrogen and oxygen atoms in total. The van der Waals surface area contributed by atoms with Crippen molar-refractivity contribution in [3.8, 4) is 11.4 Å². The second-order valence-electron chi connectivity index (χ2n) is 7.24. The first-order valence-corrected chi connectivity index (χ1v) is 10.3. The highest BCUT2D eigenvalue weighted by molar-refractivity contribution is 6.30. The van der Waals surface area contributed by atoms with Gasteiger partial charge in [0, 0.05) is 30.1 Å². The first-order chi connectivity index (χ1) is 14.8. The largest absolute Gasteiger partial charge is 0.495 e. The zero-order chi connectivity index (χ0) is 22.4. The molecule has 3 heterocycles. The Labute approximate surface area is 183 Å². The molecule has 0 saturated heterocycles. The molecule has 1 aromatic carbocycles. The van der Waals surface area contributed by atoms with E-state index in [1.165, 1.54) is 9.13 Å². The summed E-state index contributed by atoms with van der Waals surface area (Å²) in [5, 5.41) is 0.543. The number of methoxy groups -OCH3 is 1. The number of aromatic nitrogens is 5. The quantitative estimate of drug-likeness (QED) is 0.426. The lowest BCUT2D eigenvalue weighted by Crippen LogP contribution is -2.40. The van der Waals surface area contributed by atoms with Crippen LogP contribution >= 0.6 is 11.6 Å². The molecule has 0 unspecified atom stereocenters. The number of halogens is 1. The molecule has 164 valence electrons. The van der Waals surface area contributed by atoms with E-state index in [-0.39, 0.29) is 13.2 Å². The number of benzene rings is 1. The maximum Gasteiger partial charge on any atom is 0.332 e. The first-order valence-electron chi connectivity index (χ1n) is 9.93. The number of aryl methyl sites for hydroxylation is 2. The number of ether oxygens (including phenoxy) is 2. The molecule has 31 heavy (non-hydrogen) atoms. The Bertz CT molecular complexity index is 1430. The molecule has 4 aromatic rings. The normalized spacial score (nSPS) is 11.7. The summed E-state index contributed by atoms with van der Waals surface area (Å²) < 4.78 is 17.1. The van der Waals surface area contributed by atoms with Crippen LogP contribution in [0.3, 0.4) is 0 Å². The second-order valence-corrected chi connectivity index (χ2v) is 7.67. The molecule has 0 bridgehead atoms. The van der Waals surface area contributed by atoms with Gasteiger partial charge in [-0.1, -0.05) is 11.6 Å². The van der Waals surface area contributed by atoms with Crippen molar-refractivity contribution in [2.24, 2.45) is 7.05 Å². The number of hydrogen-bond donors (Lipinski definition) is 0. The molecule has 3 aromatic heterocycles. The third-order valence-electron chi connectivity index (χ3n) is 5.56. The van der Waals surface area contributed by atoms with Crippen LogP contribution in [0.25, 0.3) is 22.6 Å². The zero-order valence-electron chi connectivity index (χ0n) is 18.1. The smallest absolute Gasteiger partial charge is 0.332 e. The zero-order valence-corrected chi connectivity index (χ0v) is 18.9. The van der Waals surface area contributed by atoms with Gasteiger partial charge < -0.3 is 9.47 Å². The van der Waals surface area contributed by atoms with Gasteiger partial charge in [0.15, 0.2) is 11.2 Å². The predicted octanol–water partition coefficient (Wildman–Crippen LogP) is 2.45. The van der Waals surface area contributed by atoms with Gasteiger partial charge in [0.2, 0.25) is 5.78 Å². The Balaban J connectivity index is 2.10. The van der Waals surface area contributed by atoms with E-state index < -0.39 is 11.2 Å². The monoisotopic (exact) mass is 445 g/mol. The molecule has 0 spiro atoms. The summed E-state index contributed by atoms with van der Waals surface area (Å²) in [6.45, 7) is 6.67. The Hall–Kier alpha value is -3.04. The highest BCUT2D eigenvalue weighted by Gasteiger charge is 2.24. The van der Waals surface area contributed by atoms with Crippen LogP contribution in [0.5, 0.6) is 5.75 Å². The van der Waals surface area contributed by atoms with Gasteiger partial charge in [-0.15, -0.1) is 0 Å². The van der Waals surface area contributed by atoms with E-state index in [0.29, 0.717) is 40.0 Å². The molecule has 10 heteroatoms. The second kappa shape index (κ2) is 7.90. The van der Waals surface area contributed by atoms with Crippen molar-refractivity contribution in [3.05, 3.63) is 55.4 Å². The summed E-state index contributed by atoms with van der Waals surface area (Å²) in [6.07, 6.45) is 0. The fraction of sp³-hybridized carbons (Fsp3) is 0.381. The molecule has 0 aliphatic carbocycles. The minimum Gasteiger partial charge on any atom is -0.495 e. The van der Waals surface area contributed by atoms with Gasteiger partial charge in [0.1, 0.15) is 5.75 Å². The lowest BCUT2D eigenvalue weighted by Gasteiger charge is -2.12. The number of fused-ring (bicyclic) bond motifs is 3. The van der Waals surface area contributed by atoms with Crippen molar-refractivity contribution in [1.29, 1.82) is 0 Å². The van der Waals surface area contributed by atoms with E-state index in [4.69, 9.17) is 21.1 Å². The van der Waals surface area contributed by atoms with E-state index in [1.54, 1.807) is 36.8 Å². The fourth-order valence-corrected chi connectivity index (χ4v) is 4.04. The molecule has 0 aliphatic heterocycles. The molecular weight excluding hydrogens is 422 g/mol. The van der Waals surface area contributed by atoms with Gasteiger partial charge in [0.25, 0.3) is 5.56 Å². The Morgan fingerprint density at radius 2 is 1.90 bits per heavy atom. The molecule has 0 amide bonds. The summed E-state index contributed by atoms with van der Waals surface area (Å²) >= 11 is 6.26. The van der Waals surface area contributed by atoms with Gasteiger partial charge in [-0.25, -0.2) is 4.79 Å². The van der Waals surface area contributed by atoms with Crippen LogP contribution in [0.4, 0.5) is 0 Å². The lowest BCUT2D eigenvalue weighted by atomic mass is 10.2. The predicted molar refractivity (Wildman–Crippen MR) is 119 cm³/mol. The molecular formula is C21H24ClN5O4. The highest BCUT2D eigenvalue weighted by Crippen LogP contribution is 2.31. The van der Waals surface area contributed by atoms with Gasteiger partial charge in [-0.2, -0.15) is 4.98 Å². The van der Waals surface area contributed by atoms with Gasteiger partial charge >= 0.3 is 5.69 Å². The Kier molecular flexibility index (Phi) is 5.40. The summed E-state index contributed by atoms with van der Waals surface area (Å²) in [6, 6.07) is 5.31. The van der Waals surface area contributed by atoms with Crippen LogP contribution in [0.2, 0.25) is 5.02 Å². The van der Waals surface area contributed by atoms with Crippen molar-refractivity contribution >= 4 is 28.5 Å². The van der Waals surface area contributed by atoms with Gasteiger partial charge in [-0.3, -0.25) is 22.9 Å². The van der Waals surface area contributed by atoms with Crippen LogP contribution in [-0.4, -0.2) is 43.4 Å². The number of rotatable bonds is 6. The van der Waals surface area contributed by atoms with Crippen LogP contribution in [0.1, 0.15) is 18.3 Å². The molecule has 0 fully saturated rings. The number of nitrogens with zero attached hydrogens (tertiary/aromatic N) is 5. The van der Waals surface area contributed by atoms with Crippen LogP contribution in [0.15, 0.2) is 27.8 Å². The van der Waals surface area contributed by atoms with E-state index in [1.807, 2.05) is 25.3 Å². The van der Waals surface area contributed by atoms with E-state index in [2.05, 4.69) is 4.98 Å². The van der Waals surface area contributed by atoms with Crippen molar-refractivity contribution in [2.75, 3.05) is 20.3 Å². The minimum absolute atomic E-state index is 0.170. The van der Waals surface area contributed by atoms with E-state index in [0.717, 1.165) is 11.4 Å². The Morgan fingerprint density at radius 3 is 2.58 bits per heavy atom. The van der Waals surface area contributed by atoms with Crippen LogP contribution in [-0.2, 0) is 18.3 Å². The summed E-state index contributed by atoms with van der Waals surface area (Å²) in [4.78, 5) is 30.8. The van der Waals surface area contributed by atoms with Crippen molar-refractivity contribution < 1.29 is 9.47 Å². The van der Waals surface area contributed by atoms with Gasteiger partial charge in [0.05, 0.1) is 25.9 Å². The fourth-order valence-electron chi connectivity index (χ4n) is 3.87. The maximum absolute atomic E-state index is 13.3. The summed E-state index contributed by atoms with van der Waals surface area (Å²) in [5.41, 5.74) is 2.22. The molecule has 0 saturated carbocycles. The van der Waals surface area contributed by atoms with Crippen LogP contribution < -0.4 is 16.0 Å². The number of hydrogen-bond acceptors (Lipinski definition) is 5. The molecule has 0 N–H and O–H groups in total. The lowest BCUT2D eigenvalue weighted by molar-refractivity contribution is 0.137. The first kappa shape index (κ1) is 21.2. The third kappa shape index (κ3) is 3.16. The van der Waals surface area contributed by atoms with Crippen molar-refractivity contribution in [2.45, 2.75) is 27.3 Å². The molecule has 4 rings (SSSR count). The van der Waals surface area contributed by atoms with Gasteiger partial charge in [-0.05, 0) is 39.0 Å². The van der Waals surface area contributed by atoms with Crippen molar-refractivity contribution in [1.82, 2.24) is 23.1 Å². The molecule has 0 aliphatic rings. The molecule has 0 atom stereocenters. The summed E-state index contributed by atoms with van der Waals surface area (Å²) in [5.74, 6) is 1.11. The topological polar surface area (TPSA) is 84.7 Å². The maximum atomic E-state index is 13.3.